The Morgan fingerprint density at radius 2 is 1.94 bits per heavy atom. The van der Waals surface area contributed by atoms with Crippen LogP contribution in [0.4, 0.5) is 0 Å². The zero-order valence-corrected chi connectivity index (χ0v) is 11.0. The zero-order chi connectivity index (χ0) is 13.6. The highest BCUT2D eigenvalue weighted by Gasteiger charge is 2.33. The van der Waals surface area contributed by atoms with E-state index >= 15 is 0 Å². The van der Waals surface area contributed by atoms with E-state index in [1.807, 2.05) is 0 Å². The molecule has 1 amide bonds. The number of ether oxygens (including phenoxy) is 1. The smallest absolute Gasteiger partial charge is 0.308 e. The number of nitrogens with zero attached hydrogens (tertiary/aromatic N) is 1. The van der Waals surface area contributed by atoms with Gasteiger partial charge in [-0.05, 0) is 12.8 Å². The predicted octanol–water partition coefficient (Wildman–Crippen LogP) is 1.53. The highest BCUT2D eigenvalue weighted by atomic mass is 16.5. The summed E-state index contributed by atoms with van der Waals surface area (Å²) in [4.78, 5) is 22.9. The van der Waals surface area contributed by atoms with Crippen molar-refractivity contribution in [3.8, 4) is 6.07 Å². The van der Waals surface area contributed by atoms with E-state index in [9.17, 15) is 14.9 Å². The van der Waals surface area contributed by atoms with Crippen molar-refractivity contribution in [1.29, 1.82) is 5.26 Å². The first kappa shape index (κ1) is 14.5. The molecule has 0 heterocycles. The minimum atomic E-state index is -0.764. The summed E-state index contributed by atoms with van der Waals surface area (Å²) in [6, 6.07) is 2.19. The minimum absolute atomic E-state index is 0.252. The van der Waals surface area contributed by atoms with Gasteiger partial charge in [0.15, 0.2) is 6.61 Å². The molecule has 1 saturated carbocycles. The van der Waals surface area contributed by atoms with Crippen LogP contribution in [0, 0.1) is 17.2 Å². The van der Waals surface area contributed by atoms with E-state index in [-0.39, 0.29) is 12.5 Å². The molecule has 0 aromatic carbocycles. The van der Waals surface area contributed by atoms with Gasteiger partial charge in [-0.25, -0.2) is 0 Å². The van der Waals surface area contributed by atoms with Crippen LogP contribution >= 0.6 is 0 Å². The van der Waals surface area contributed by atoms with Crippen molar-refractivity contribution in [3.63, 3.8) is 0 Å². The van der Waals surface area contributed by atoms with Gasteiger partial charge in [0.25, 0.3) is 5.91 Å². The molecule has 1 fully saturated rings. The third-order valence-corrected chi connectivity index (χ3v) is 3.12. The van der Waals surface area contributed by atoms with Gasteiger partial charge in [-0.3, -0.25) is 9.59 Å². The highest BCUT2D eigenvalue weighted by Crippen LogP contribution is 2.27. The number of rotatable bonds is 4. The van der Waals surface area contributed by atoms with Crippen LogP contribution in [0.2, 0.25) is 0 Å². The van der Waals surface area contributed by atoms with Crippen LogP contribution in [0.15, 0.2) is 0 Å². The number of hydrogen-bond acceptors (Lipinski definition) is 4. The molecule has 0 unspecified atom stereocenters. The Labute approximate surface area is 107 Å². The lowest BCUT2D eigenvalue weighted by Gasteiger charge is -2.31. The fourth-order valence-corrected chi connectivity index (χ4v) is 2.03. The van der Waals surface area contributed by atoms with E-state index in [2.05, 4.69) is 11.4 Å². The predicted molar refractivity (Wildman–Crippen MR) is 65.4 cm³/mol. The molecule has 0 aromatic heterocycles. The van der Waals surface area contributed by atoms with Crippen LogP contribution < -0.4 is 5.32 Å². The van der Waals surface area contributed by atoms with Crippen molar-refractivity contribution in [2.45, 2.75) is 51.5 Å². The van der Waals surface area contributed by atoms with Gasteiger partial charge in [-0.15, -0.1) is 0 Å². The van der Waals surface area contributed by atoms with Crippen molar-refractivity contribution >= 4 is 11.9 Å². The molecule has 0 radical (unpaired) electrons. The van der Waals surface area contributed by atoms with E-state index in [0.29, 0.717) is 12.8 Å². The van der Waals surface area contributed by atoms with Crippen LogP contribution in [-0.4, -0.2) is 24.0 Å². The maximum Gasteiger partial charge on any atom is 0.308 e. The molecular weight excluding hydrogens is 232 g/mol. The average molecular weight is 252 g/mol. The molecule has 5 heteroatoms. The molecule has 0 bridgehead atoms. The largest absolute Gasteiger partial charge is 0.455 e. The number of nitrogens with one attached hydrogen (secondary N) is 1. The summed E-state index contributed by atoms with van der Waals surface area (Å²) in [5.41, 5.74) is -0.764. The van der Waals surface area contributed by atoms with Crippen LogP contribution in [0.5, 0.6) is 0 Å². The molecule has 0 saturated heterocycles. The summed E-state index contributed by atoms with van der Waals surface area (Å²) in [5, 5.41) is 11.9. The maximum atomic E-state index is 11.7. The molecule has 5 nitrogen and oxygen atoms in total. The lowest BCUT2D eigenvalue weighted by Crippen LogP contribution is -2.50. The van der Waals surface area contributed by atoms with Gasteiger partial charge in [0.2, 0.25) is 0 Å². The first-order valence-electron chi connectivity index (χ1n) is 6.38. The van der Waals surface area contributed by atoms with Crippen molar-refractivity contribution < 1.29 is 14.3 Å². The van der Waals surface area contributed by atoms with Gasteiger partial charge in [0.05, 0.1) is 12.0 Å². The number of hydrogen-bond donors (Lipinski definition) is 1. The summed E-state index contributed by atoms with van der Waals surface area (Å²) in [7, 11) is 0. The second-order valence-electron chi connectivity index (χ2n) is 5.07. The standard InChI is InChI=1S/C13H20N2O3/c1-10(2)12(17)18-8-11(16)15-13(9-14)6-4-3-5-7-13/h10H,3-8H2,1-2H3,(H,15,16). The molecule has 0 atom stereocenters. The van der Waals surface area contributed by atoms with E-state index in [0.717, 1.165) is 19.3 Å². The minimum Gasteiger partial charge on any atom is -0.455 e. The van der Waals surface area contributed by atoms with Gasteiger partial charge in [0.1, 0.15) is 5.54 Å². The topological polar surface area (TPSA) is 79.2 Å². The second kappa shape index (κ2) is 6.39. The Balaban J connectivity index is 2.43. The van der Waals surface area contributed by atoms with Crippen LogP contribution in [0.3, 0.4) is 0 Å². The zero-order valence-electron chi connectivity index (χ0n) is 11.0. The second-order valence-corrected chi connectivity index (χ2v) is 5.07. The van der Waals surface area contributed by atoms with E-state index < -0.39 is 17.4 Å². The summed E-state index contributed by atoms with van der Waals surface area (Å²) < 4.78 is 4.84. The number of esters is 1. The molecule has 1 aliphatic rings. The number of carbonyl (C=O) groups excluding carboxylic acids is 2. The Kier molecular flexibility index (Phi) is 5.14. The average Bonchev–Trinajstić information content (AvgIpc) is 2.36. The normalized spacial score (nSPS) is 17.9. The molecule has 0 aliphatic heterocycles. The van der Waals surface area contributed by atoms with Crippen LogP contribution in [-0.2, 0) is 14.3 Å². The van der Waals surface area contributed by atoms with Crippen LogP contribution in [0.1, 0.15) is 46.0 Å². The monoisotopic (exact) mass is 252 g/mol. The molecule has 1 N–H and O–H groups in total. The fraction of sp³-hybridized carbons (Fsp3) is 0.769. The van der Waals surface area contributed by atoms with Gasteiger partial charge >= 0.3 is 5.97 Å². The van der Waals surface area contributed by atoms with E-state index in [1.165, 1.54) is 0 Å². The fourth-order valence-electron chi connectivity index (χ4n) is 2.03. The van der Waals surface area contributed by atoms with Crippen molar-refractivity contribution in [1.82, 2.24) is 5.32 Å². The Morgan fingerprint density at radius 1 is 1.33 bits per heavy atom. The molecular formula is C13H20N2O3. The lowest BCUT2D eigenvalue weighted by atomic mass is 9.83. The van der Waals surface area contributed by atoms with Gasteiger partial charge < -0.3 is 10.1 Å². The summed E-state index contributed by atoms with van der Waals surface area (Å²) in [6.45, 7) is 3.11. The third-order valence-electron chi connectivity index (χ3n) is 3.12. The summed E-state index contributed by atoms with van der Waals surface area (Å²) in [6.07, 6.45) is 4.33. The molecule has 1 rings (SSSR count). The molecule has 0 aromatic rings. The van der Waals surface area contributed by atoms with E-state index in [1.54, 1.807) is 13.8 Å². The van der Waals surface area contributed by atoms with Crippen molar-refractivity contribution in [2.75, 3.05) is 6.61 Å². The molecule has 18 heavy (non-hydrogen) atoms. The first-order valence-corrected chi connectivity index (χ1v) is 6.38. The Bertz CT molecular complexity index is 352. The summed E-state index contributed by atoms with van der Waals surface area (Å²) >= 11 is 0. The van der Waals surface area contributed by atoms with Gasteiger partial charge in [0, 0.05) is 0 Å². The van der Waals surface area contributed by atoms with Crippen molar-refractivity contribution in [2.24, 2.45) is 5.92 Å². The first-order chi connectivity index (χ1) is 8.49. The third kappa shape index (κ3) is 4.02. The highest BCUT2D eigenvalue weighted by molar-refractivity contribution is 5.81. The Morgan fingerprint density at radius 3 is 2.44 bits per heavy atom. The molecule has 100 valence electrons. The maximum absolute atomic E-state index is 11.7. The molecule has 1 aliphatic carbocycles. The summed E-state index contributed by atoms with van der Waals surface area (Å²) in [5.74, 6) is -1.05. The number of amides is 1. The lowest BCUT2D eigenvalue weighted by molar-refractivity contribution is -0.152. The quantitative estimate of drug-likeness (QED) is 0.769. The Hall–Kier alpha value is -1.57. The SMILES string of the molecule is CC(C)C(=O)OCC(=O)NC1(C#N)CCCCC1. The van der Waals surface area contributed by atoms with E-state index in [4.69, 9.17) is 4.74 Å². The van der Waals surface area contributed by atoms with Gasteiger partial charge in [-0.2, -0.15) is 5.26 Å². The van der Waals surface area contributed by atoms with Gasteiger partial charge in [-0.1, -0.05) is 33.1 Å². The number of nitriles is 1. The van der Waals surface area contributed by atoms with Crippen molar-refractivity contribution in [3.05, 3.63) is 0 Å². The number of carbonyl (C=O) groups is 2. The van der Waals surface area contributed by atoms with Crippen LogP contribution in [0.25, 0.3) is 0 Å². The molecule has 0 spiro atoms.